The van der Waals surface area contributed by atoms with Crippen molar-refractivity contribution in [3.63, 3.8) is 0 Å². The van der Waals surface area contributed by atoms with Gasteiger partial charge in [0.15, 0.2) is 11.3 Å². The second kappa shape index (κ2) is 13.6. The molecule has 1 aliphatic carbocycles. The highest BCUT2D eigenvalue weighted by Crippen LogP contribution is 2.42. The first-order valence-corrected chi connectivity index (χ1v) is 13.4. The number of aliphatic hydroxyl groups is 4. The van der Waals surface area contributed by atoms with Gasteiger partial charge >= 0.3 is 5.97 Å². The fourth-order valence-electron chi connectivity index (χ4n) is 5.04. The molecule has 2 aromatic rings. The number of nitrogens with one attached hydrogen (secondary N) is 1. The molecule has 0 bridgehead atoms. The first kappa shape index (κ1) is 28.6. The summed E-state index contributed by atoms with van der Waals surface area (Å²) in [6.45, 7) is 2.30. The van der Waals surface area contributed by atoms with E-state index in [1.54, 1.807) is 19.1 Å². The van der Waals surface area contributed by atoms with Gasteiger partial charge in [-0.1, -0.05) is 19.3 Å². The second-order valence-corrected chi connectivity index (χ2v) is 9.79. The molecule has 0 spiro atoms. The van der Waals surface area contributed by atoms with E-state index in [1.807, 2.05) is 0 Å². The van der Waals surface area contributed by atoms with E-state index in [2.05, 4.69) is 5.32 Å². The van der Waals surface area contributed by atoms with Crippen molar-refractivity contribution in [1.29, 1.82) is 0 Å². The molecule has 1 aromatic heterocycles. The Balaban J connectivity index is 1.60. The summed E-state index contributed by atoms with van der Waals surface area (Å²) in [7, 11) is 0. The predicted molar refractivity (Wildman–Crippen MR) is 136 cm³/mol. The van der Waals surface area contributed by atoms with Crippen LogP contribution in [-0.2, 0) is 20.7 Å². The Hall–Kier alpha value is -2.41. The van der Waals surface area contributed by atoms with Crippen LogP contribution in [0.1, 0.15) is 51.0 Å². The molecule has 2 heterocycles. The predicted octanol–water partition coefficient (Wildman–Crippen LogP) is 1.41. The van der Waals surface area contributed by atoms with Gasteiger partial charge in [0.05, 0.1) is 19.5 Å². The summed E-state index contributed by atoms with van der Waals surface area (Å²) in [5.74, 6) is 0.0743. The van der Waals surface area contributed by atoms with E-state index in [4.69, 9.17) is 23.4 Å². The number of hydrogen-bond donors (Lipinski definition) is 5. The van der Waals surface area contributed by atoms with Crippen LogP contribution in [0.2, 0.25) is 0 Å². The third kappa shape index (κ3) is 6.77. The lowest BCUT2D eigenvalue weighted by molar-refractivity contribution is -0.277. The maximum atomic E-state index is 12.1. The van der Waals surface area contributed by atoms with Crippen molar-refractivity contribution in [2.24, 2.45) is 0 Å². The van der Waals surface area contributed by atoms with Crippen LogP contribution in [0.5, 0.6) is 11.5 Å². The number of aliphatic hydroxyl groups excluding tert-OH is 4. The molecule has 1 saturated carbocycles. The number of carbonyl (C=O) groups is 1. The average Bonchev–Trinajstić information content (AvgIpc) is 3.40. The standard InChI is InChI=1S/C27H39NO10/c1-2-34-20(30)9-8-16-14-17-10-12-35-24(17)26(36-13-11-28-18-6-4-3-5-7-18)25(16)38-27-23(33)22(32)21(31)19(15-29)37-27/h10,12,14,18-19,21-23,27-29,31-33H,2-9,11,13,15H2,1H3. The molecule has 5 unspecified atom stereocenters. The highest BCUT2D eigenvalue weighted by Gasteiger charge is 2.45. The number of rotatable bonds is 12. The van der Waals surface area contributed by atoms with E-state index in [9.17, 15) is 25.2 Å². The van der Waals surface area contributed by atoms with E-state index in [0.717, 1.165) is 18.2 Å². The molecule has 1 aliphatic heterocycles. The van der Waals surface area contributed by atoms with E-state index in [1.165, 1.54) is 25.5 Å². The molecule has 11 nitrogen and oxygen atoms in total. The minimum atomic E-state index is -1.61. The van der Waals surface area contributed by atoms with Crippen molar-refractivity contribution in [3.8, 4) is 11.5 Å². The Bertz CT molecular complexity index is 1030. The highest BCUT2D eigenvalue weighted by molar-refractivity contribution is 5.87. The number of fused-ring (bicyclic) bond motifs is 1. The van der Waals surface area contributed by atoms with Gasteiger partial charge in [0.2, 0.25) is 12.0 Å². The molecular weight excluding hydrogens is 498 g/mol. The smallest absolute Gasteiger partial charge is 0.306 e. The lowest BCUT2D eigenvalue weighted by Gasteiger charge is -2.39. The van der Waals surface area contributed by atoms with Crippen LogP contribution in [0, 0.1) is 0 Å². The molecule has 0 amide bonds. The Morgan fingerprint density at radius 1 is 1.11 bits per heavy atom. The van der Waals surface area contributed by atoms with Gasteiger partial charge in [-0.15, -0.1) is 0 Å². The first-order valence-electron chi connectivity index (χ1n) is 13.4. The van der Waals surface area contributed by atoms with Crippen LogP contribution < -0.4 is 14.8 Å². The van der Waals surface area contributed by atoms with Crippen LogP contribution in [-0.4, -0.2) is 89.5 Å². The Labute approximate surface area is 221 Å². The molecule has 5 N–H and O–H groups in total. The van der Waals surface area contributed by atoms with Crippen LogP contribution in [0.25, 0.3) is 11.0 Å². The number of carbonyl (C=O) groups excluding carboxylic acids is 1. The summed E-state index contributed by atoms with van der Waals surface area (Å²) < 4.78 is 28.6. The number of hydrogen-bond acceptors (Lipinski definition) is 11. The van der Waals surface area contributed by atoms with Gasteiger partial charge in [0.25, 0.3) is 0 Å². The van der Waals surface area contributed by atoms with E-state index in [0.29, 0.717) is 30.3 Å². The molecule has 1 saturated heterocycles. The lowest BCUT2D eigenvalue weighted by Crippen LogP contribution is -2.60. The monoisotopic (exact) mass is 537 g/mol. The van der Waals surface area contributed by atoms with E-state index >= 15 is 0 Å². The fraction of sp³-hybridized carbons (Fsp3) is 0.667. The molecule has 2 aliphatic rings. The minimum Gasteiger partial charge on any atom is -0.485 e. The number of benzene rings is 1. The van der Waals surface area contributed by atoms with Crippen molar-refractivity contribution in [3.05, 3.63) is 24.0 Å². The minimum absolute atomic E-state index is 0.0743. The molecule has 5 atom stereocenters. The van der Waals surface area contributed by atoms with Crippen molar-refractivity contribution in [2.45, 2.75) is 88.6 Å². The maximum Gasteiger partial charge on any atom is 0.306 e. The maximum absolute atomic E-state index is 12.1. The number of esters is 1. The molecule has 1 aromatic carbocycles. The zero-order valence-electron chi connectivity index (χ0n) is 21.7. The molecule has 11 heteroatoms. The zero-order valence-corrected chi connectivity index (χ0v) is 21.7. The summed E-state index contributed by atoms with van der Waals surface area (Å²) in [6.07, 6.45) is 0.489. The Morgan fingerprint density at radius 2 is 1.89 bits per heavy atom. The molecule has 38 heavy (non-hydrogen) atoms. The van der Waals surface area contributed by atoms with Crippen molar-refractivity contribution in [2.75, 3.05) is 26.4 Å². The Morgan fingerprint density at radius 3 is 2.63 bits per heavy atom. The van der Waals surface area contributed by atoms with Crippen molar-refractivity contribution < 1.29 is 48.6 Å². The fourth-order valence-corrected chi connectivity index (χ4v) is 5.04. The highest BCUT2D eigenvalue weighted by atomic mass is 16.7. The van der Waals surface area contributed by atoms with Crippen LogP contribution >= 0.6 is 0 Å². The van der Waals surface area contributed by atoms with E-state index in [-0.39, 0.29) is 36.9 Å². The first-order chi connectivity index (χ1) is 18.4. The lowest BCUT2D eigenvalue weighted by atomic mass is 9.96. The molecule has 212 valence electrons. The molecule has 4 rings (SSSR count). The Kier molecular flexibility index (Phi) is 10.2. The van der Waals surface area contributed by atoms with Crippen LogP contribution in [0.3, 0.4) is 0 Å². The zero-order chi connectivity index (χ0) is 27.1. The number of furan rings is 1. The third-order valence-electron chi connectivity index (χ3n) is 7.10. The molecule has 0 radical (unpaired) electrons. The van der Waals surface area contributed by atoms with Gasteiger partial charge < -0.3 is 49.1 Å². The van der Waals surface area contributed by atoms with Gasteiger partial charge in [0.1, 0.15) is 31.0 Å². The summed E-state index contributed by atoms with van der Waals surface area (Å²) in [4.78, 5) is 12.1. The van der Waals surface area contributed by atoms with Gasteiger partial charge in [-0.05, 0) is 43.9 Å². The molecule has 2 fully saturated rings. The van der Waals surface area contributed by atoms with Crippen molar-refractivity contribution >= 4 is 16.9 Å². The summed E-state index contributed by atoms with van der Waals surface area (Å²) in [5.41, 5.74) is 1.00. The third-order valence-corrected chi connectivity index (χ3v) is 7.10. The van der Waals surface area contributed by atoms with Crippen LogP contribution in [0.4, 0.5) is 0 Å². The SMILES string of the molecule is CCOC(=O)CCc1cc2ccoc2c(OCCNC2CCCCC2)c1OC1OC(CO)C(O)C(O)C1O. The van der Waals surface area contributed by atoms with Gasteiger partial charge in [-0.25, -0.2) is 0 Å². The van der Waals surface area contributed by atoms with Gasteiger partial charge in [-0.3, -0.25) is 4.79 Å². The number of aryl methyl sites for hydroxylation is 1. The van der Waals surface area contributed by atoms with Crippen LogP contribution in [0.15, 0.2) is 22.8 Å². The quantitative estimate of drug-likeness (QED) is 0.197. The summed E-state index contributed by atoms with van der Waals surface area (Å²) in [5, 5.41) is 44.9. The topological polar surface area (TPSA) is 160 Å². The molecular formula is C27H39NO10. The number of ether oxygens (including phenoxy) is 4. The van der Waals surface area contributed by atoms with Crippen molar-refractivity contribution in [1.82, 2.24) is 5.32 Å². The average molecular weight is 538 g/mol. The van der Waals surface area contributed by atoms with E-state index < -0.39 is 37.3 Å². The van der Waals surface area contributed by atoms with Gasteiger partial charge in [0, 0.05) is 24.4 Å². The second-order valence-electron chi connectivity index (χ2n) is 9.79. The van der Waals surface area contributed by atoms with Gasteiger partial charge in [-0.2, -0.15) is 0 Å². The largest absolute Gasteiger partial charge is 0.485 e. The summed E-state index contributed by atoms with van der Waals surface area (Å²) in [6, 6.07) is 4.02. The normalized spacial score (nSPS) is 26.4. The summed E-state index contributed by atoms with van der Waals surface area (Å²) >= 11 is 0.